The number of anilines is 1. The van der Waals surface area contributed by atoms with Crippen LogP contribution in [0, 0.1) is 0 Å². The zero-order chi connectivity index (χ0) is 17.6. The number of nitrogens with zero attached hydrogens (tertiary/aromatic N) is 4. The molecule has 1 aliphatic heterocycles. The summed E-state index contributed by atoms with van der Waals surface area (Å²) in [5.74, 6) is 1.23. The van der Waals surface area contributed by atoms with E-state index in [1.165, 1.54) is 31.0 Å². The normalized spacial score (nSPS) is 14.8. The van der Waals surface area contributed by atoms with Crippen LogP contribution in [0.2, 0.25) is 0 Å². The van der Waals surface area contributed by atoms with E-state index in [0.717, 1.165) is 29.9 Å². The van der Waals surface area contributed by atoms with Crippen molar-refractivity contribution >= 4 is 23.6 Å². The molecule has 7 heteroatoms. The van der Waals surface area contributed by atoms with E-state index >= 15 is 0 Å². The first-order valence-electron chi connectivity index (χ1n) is 8.83. The number of amides is 1. The second kappa shape index (κ2) is 8.38. The Morgan fingerprint density at radius 1 is 1.16 bits per heavy atom. The zero-order valence-electron chi connectivity index (χ0n) is 14.8. The Hall–Kier alpha value is -2.02. The molecule has 1 saturated heterocycles. The van der Waals surface area contributed by atoms with E-state index in [9.17, 15) is 4.79 Å². The summed E-state index contributed by atoms with van der Waals surface area (Å²) in [6.45, 7) is 5.93. The maximum Gasteiger partial charge on any atom is 0.232 e. The van der Waals surface area contributed by atoms with Crippen molar-refractivity contribution in [3.05, 3.63) is 30.3 Å². The Morgan fingerprint density at radius 3 is 2.56 bits per heavy atom. The lowest BCUT2D eigenvalue weighted by Gasteiger charge is -2.27. The summed E-state index contributed by atoms with van der Waals surface area (Å²) >= 11 is 1.43. The van der Waals surface area contributed by atoms with Crippen molar-refractivity contribution in [3.63, 3.8) is 0 Å². The van der Waals surface area contributed by atoms with Gasteiger partial charge in [0.15, 0.2) is 5.16 Å². The SMILES string of the molecule is CC(C)NC(=O)CSc1nnc(N2CCCCC2)n1-c1ccccc1. The first kappa shape index (κ1) is 17.8. The van der Waals surface area contributed by atoms with Gasteiger partial charge >= 0.3 is 0 Å². The molecule has 1 fully saturated rings. The van der Waals surface area contributed by atoms with Crippen LogP contribution >= 0.6 is 11.8 Å². The molecule has 0 saturated carbocycles. The van der Waals surface area contributed by atoms with Crippen LogP contribution in [0.3, 0.4) is 0 Å². The van der Waals surface area contributed by atoms with E-state index in [2.05, 4.69) is 37.1 Å². The number of hydrogen-bond donors (Lipinski definition) is 1. The molecule has 3 rings (SSSR count). The molecular formula is C18H25N5OS. The van der Waals surface area contributed by atoms with Crippen molar-refractivity contribution in [1.29, 1.82) is 0 Å². The predicted octanol–water partition coefficient (Wildman–Crippen LogP) is 2.87. The molecule has 1 N–H and O–H groups in total. The summed E-state index contributed by atoms with van der Waals surface area (Å²) in [4.78, 5) is 14.3. The first-order chi connectivity index (χ1) is 12.1. The van der Waals surface area contributed by atoms with Gasteiger partial charge in [0.2, 0.25) is 11.9 Å². The molecule has 0 radical (unpaired) electrons. The number of piperidine rings is 1. The van der Waals surface area contributed by atoms with Gasteiger partial charge in [0.25, 0.3) is 0 Å². The fourth-order valence-corrected chi connectivity index (χ4v) is 3.71. The predicted molar refractivity (Wildman–Crippen MR) is 101 cm³/mol. The fourth-order valence-electron chi connectivity index (χ4n) is 2.95. The molecule has 0 unspecified atom stereocenters. The monoisotopic (exact) mass is 359 g/mol. The van der Waals surface area contributed by atoms with Gasteiger partial charge in [-0.15, -0.1) is 10.2 Å². The second-order valence-corrected chi connectivity index (χ2v) is 7.45. The van der Waals surface area contributed by atoms with Crippen molar-refractivity contribution in [1.82, 2.24) is 20.1 Å². The highest BCUT2D eigenvalue weighted by molar-refractivity contribution is 7.99. The Balaban J connectivity index is 1.85. The number of aromatic nitrogens is 3. The molecule has 0 bridgehead atoms. The van der Waals surface area contributed by atoms with Crippen LogP contribution in [-0.2, 0) is 4.79 Å². The number of benzene rings is 1. The van der Waals surface area contributed by atoms with Gasteiger partial charge in [-0.1, -0.05) is 30.0 Å². The maximum absolute atomic E-state index is 12.0. The molecule has 6 nitrogen and oxygen atoms in total. The van der Waals surface area contributed by atoms with Gasteiger partial charge in [-0.05, 0) is 45.2 Å². The highest BCUT2D eigenvalue weighted by Crippen LogP contribution is 2.28. The summed E-state index contributed by atoms with van der Waals surface area (Å²) in [6, 6.07) is 10.3. The summed E-state index contributed by atoms with van der Waals surface area (Å²) < 4.78 is 2.07. The van der Waals surface area contributed by atoms with Gasteiger partial charge in [-0.25, -0.2) is 0 Å². The summed E-state index contributed by atoms with van der Waals surface area (Å²) in [6.07, 6.45) is 3.63. The standard InChI is InChI=1S/C18H25N5OS/c1-14(2)19-16(24)13-25-18-21-20-17(22-11-7-4-8-12-22)23(18)15-9-5-3-6-10-15/h3,5-6,9-10,14H,4,7-8,11-13H2,1-2H3,(H,19,24). The number of carbonyl (C=O) groups excluding carboxylic acids is 1. The lowest BCUT2D eigenvalue weighted by molar-refractivity contribution is -0.119. The molecule has 0 aliphatic carbocycles. The molecule has 0 spiro atoms. The summed E-state index contributed by atoms with van der Waals surface area (Å²) in [5.41, 5.74) is 1.03. The van der Waals surface area contributed by atoms with Crippen LogP contribution in [0.4, 0.5) is 5.95 Å². The largest absolute Gasteiger partial charge is 0.353 e. The minimum Gasteiger partial charge on any atom is -0.353 e. The quantitative estimate of drug-likeness (QED) is 0.804. The summed E-state index contributed by atoms with van der Waals surface area (Å²) in [5, 5.41) is 12.5. The Morgan fingerprint density at radius 2 is 1.88 bits per heavy atom. The Bertz CT molecular complexity index is 695. The lowest BCUT2D eigenvalue weighted by atomic mass is 10.1. The molecule has 1 aromatic heterocycles. The Labute approximate surface area is 153 Å². The molecule has 2 aromatic rings. The van der Waals surface area contributed by atoms with E-state index in [4.69, 9.17) is 0 Å². The van der Waals surface area contributed by atoms with Crippen molar-refractivity contribution < 1.29 is 4.79 Å². The van der Waals surface area contributed by atoms with Crippen molar-refractivity contribution in [2.45, 2.75) is 44.3 Å². The number of thioether (sulfide) groups is 1. The van der Waals surface area contributed by atoms with Gasteiger partial charge in [0, 0.05) is 19.1 Å². The van der Waals surface area contributed by atoms with E-state index in [0.29, 0.717) is 5.75 Å². The van der Waals surface area contributed by atoms with E-state index in [1.54, 1.807) is 0 Å². The second-order valence-electron chi connectivity index (χ2n) is 6.51. The Kier molecular flexibility index (Phi) is 5.96. The third kappa shape index (κ3) is 4.54. The van der Waals surface area contributed by atoms with E-state index in [1.807, 2.05) is 32.0 Å². The highest BCUT2D eigenvalue weighted by atomic mass is 32.2. The molecule has 2 heterocycles. The topological polar surface area (TPSA) is 63.1 Å². The first-order valence-corrected chi connectivity index (χ1v) is 9.81. The van der Waals surface area contributed by atoms with Crippen LogP contribution in [0.5, 0.6) is 0 Å². The van der Waals surface area contributed by atoms with Gasteiger partial charge in [0.1, 0.15) is 0 Å². The van der Waals surface area contributed by atoms with Gasteiger partial charge in [-0.3, -0.25) is 9.36 Å². The average molecular weight is 359 g/mol. The fraction of sp³-hybridized carbons (Fsp3) is 0.500. The lowest BCUT2D eigenvalue weighted by Crippen LogP contribution is -2.32. The smallest absolute Gasteiger partial charge is 0.232 e. The van der Waals surface area contributed by atoms with Crippen LogP contribution in [0.15, 0.2) is 35.5 Å². The number of carbonyl (C=O) groups is 1. The minimum atomic E-state index is 0.0159. The number of rotatable bonds is 6. The highest BCUT2D eigenvalue weighted by Gasteiger charge is 2.22. The van der Waals surface area contributed by atoms with Crippen LogP contribution in [-0.4, -0.2) is 45.6 Å². The van der Waals surface area contributed by atoms with Crippen molar-refractivity contribution in [2.75, 3.05) is 23.7 Å². The molecular weight excluding hydrogens is 334 g/mol. The third-order valence-electron chi connectivity index (χ3n) is 4.05. The maximum atomic E-state index is 12.0. The third-order valence-corrected chi connectivity index (χ3v) is 4.98. The number of para-hydroxylation sites is 1. The number of nitrogens with one attached hydrogen (secondary N) is 1. The number of hydrogen-bond acceptors (Lipinski definition) is 5. The van der Waals surface area contributed by atoms with Crippen LogP contribution in [0.25, 0.3) is 5.69 Å². The van der Waals surface area contributed by atoms with Gasteiger partial charge in [0.05, 0.1) is 11.4 Å². The van der Waals surface area contributed by atoms with Crippen molar-refractivity contribution in [3.8, 4) is 5.69 Å². The van der Waals surface area contributed by atoms with Crippen molar-refractivity contribution in [2.24, 2.45) is 0 Å². The van der Waals surface area contributed by atoms with E-state index in [-0.39, 0.29) is 11.9 Å². The van der Waals surface area contributed by atoms with E-state index < -0.39 is 0 Å². The van der Waals surface area contributed by atoms with Gasteiger partial charge in [-0.2, -0.15) is 0 Å². The minimum absolute atomic E-state index is 0.0159. The van der Waals surface area contributed by atoms with Crippen LogP contribution in [0.1, 0.15) is 33.1 Å². The zero-order valence-corrected chi connectivity index (χ0v) is 15.6. The molecule has 1 aromatic carbocycles. The van der Waals surface area contributed by atoms with Gasteiger partial charge < -0.3 is 10.2 Å². The molecule has 0 atom stereocenters. The molecule has 1 amide bonds. The molecule has 25 heavy (non-hydrogen) atoms. The average Bonchev–Trinajstić information content (AvgIpc) is 3.05. The molecule has 134 valence electrons. The molecule has 1 aliphatic rings. The van der Waals surface area contributed by atoms with Crippen LogP contribution < -0.4 is 10.2 Å². The summed E-state index contributed by atoms with van der Waals surface area (Å²) in [7, 11) is 0.